The molecule has 1 N–H and O–H groups in total. The number of rotatable bonds is 8. The molecule has 1 aromatic heterocycles. The Morgan fingerprint density at radius 3 is 2.39 bits per heavy atom. The highest BCUT2D eigenvalue weighted by molar-refractivity contribution is 7.17. The molecule has 0 aliphatic carbocycles. The van der Waals surface area contributed by atoms with Gasteiger partial charge in [0.15, 0.2) is 5.13 Å². The number of aliphatic hydroxyl groups is 1. The van der Waals surface area contributed by atoms with Crippen LogP contribution in [0, 0.1) is 13.8 Å². The van der Waals surface area contributed by atoms with Crippen molar-refractivity contribution in [2.75, 3.05) is 25.2 Å². The van der Waals surface area contributed by atoms with Crippen LogP contribution >= 0.6 is 11.3 Å². The first-order valence-corrected chi connectivity index (χ1v) is 12.9. The normalized spacial score (nSPS) is 16.6. The standard InChI is InChI=1S/C28H28N2O7S/c1-6-36-19-11-8-17(9-12-19)22-21(23(31)18-10-13-20(35-5)15(3)14-18)24(32)26(33)30(22)28-29-16(4)25(38-28)27(34)37-7-2/h8-14,22,31H,6-7H2,1-5H3/b23-21+. The highest BCUT2D eigenvalue weighted by Crippen LogP contribution is 2.44. The molecule has 0 bridgehead atoms. The second kappa shape index (κ2) is 11.1. The van der Waals surface area contributed by atoms with E-state index >= 15 is 0 Å². The highest BCUT2D eigenvalue weighted by atomic mass is 32.1. The van der Waals surface area contributed by atoms with E-state index in [1.807, 2.05) is 13.8 Å². The van der Waals surface area contributed by atoms with E-state index in [-0.39, 0.29) is 27.9 Å². The molecule has 3 aromatic rings. The monoisotopic (exact) mass is 536 g/mol. The maximum absolute atomic E-state index is 13.4. The van der Waals surface area contributed by atoms with Crippen LogP contribution in [0.3, 0.4) is 0 Å². The van der Waals surface area contributed by atoms with Crippen molar-refractivity contribution in [2.45, 2.75) is 33.7 Å². The Labute approximate surface area is 224 Å². The molecule has 1 atom stereocenters. The van der Waals surface area contributed by atoms with E-state index in [9.17, 15) is 19.5 Å². The first-order chi connectivity index (χ1) is 18.2. The molecule has 38 heavy (non-hydrogen) atoms. The Hall–Kier alpha value is -4.18. The number of benzene rings is 2. The van der Waals surface area contributed by atoms with Crippen molar-refractivity contribution in [3.8, 4) is 11.5 Å². The maximum Gasteiger partial charge on any atom is 0.350 e. The summed E-state index contributed by atoms with van der Waals surface area (Å²) in [5.74, 6) is -1.37. The summed E-state index contributed by atoms with van der Waals surface area (Å²) in [7, 11) is 1.54. The Balaban J connectivity index is 1.90. The highest BCUT2D eigenvalue weighted by Gasteiger charge is 2.48. The van der Waals surface area contributed by atoms with Crippen molar-refractivity contribution in [3.05, 3.63) is 75.3 Å². The Morgan fingerprint density at radius 1 is 1.08 bits per heavy atom. The lowest BCUT2D eigenvalue weighted by Crippen LogP contribution is -2.29. The van der Waals surface area contributed by atoms with Crippen molar-refractivity contribution >= 4 is 39.9 Å². The van der Waals surface area contributed by atoms with Gasteiger partial charge >= 0.3 is 11.9 Å². The Kier molecular flexibility index (Phi) is 7.82. The van der Waals surface area contributed by atoms with E-state index in [1.54, 1.807) is 63.4 Å². The van der Waals surface area contributed by atoms with Crippen LogP contribution in [-0.2, 0) is 14.3 Å². The molecule has 2 aromatic carbocycles. The summed E-state index contributed by atoms with van der Waals surface area (Å²) in [6.45, 7) is 7.67. The quantitative estimate of drug-likeness (QED) is 0.186. The van der Waals surface area contributed by atoms with Crippen LogP contribution in [0.1, 0.15) is 51.9 Å². The number of ether oxygens (including phenoxy) is 3. The summed E-state index contributed by atoms with van der Waals surface area (Å²) in [6, 6.07) is 10.9. The zero-order chi connectivity index (χ0) is 27.6. The number of aryl methyl sites for hydroxylation is 2. The number of ketones is 1. The van der Waals surface area contributed by atoms with Gasteiger partial charge in [0.1, 0.15) is 22.1 Å². The average molecular weight is 537 g/mol. The minimum Gasteiger partial charge on any atom is -0.507 e. The van der Waals surface area contributed by atoms with E-state index in [4.69, 9.17) is 14.2 Å². The van der Waals surface area contributed by atoms with Crippen molar-refractivity contribution in [3.63, 3.8) is 0 Å². The van der Waals surface area contributed by atoms with Gasteiger partial charge in [-0.3, -0.25) is 14.5 Å². The number of carbonyl (C=O) groups is 3. The number of esters is 1. The zero-order valence-corrected chi connectivity index (χ0v) is 22.5. The minimum absolute atomic E-state index is 0.0886. The van der Waals surface area contributed by atoms with Gasteiger partial charge in [-0.25, -0.2) is 9.78 Å². The van der Waals surface area contributed by atoms with E-state index in [0.29, 0.717) is 34.9 Å². The molecule has 0 saturated carbocycles. The van der Waals surface area contributed by atoms with Gasteiger partial charge < -0.3 is 19.3 Å². The van der Waals surface area contributed by atoms with Crippen LogP contribution in [0.15, 0.2) is 48.0 Å². The van der Waals surface area contributed by atoms with E-state index in [1.165, 1.54) is 4.90 Å². The molecule has 1 saturated heterocycles. The molecular formula is C28H28N2O7S. The number of anilines is 1. The molecule has 1 aliphatic rings. The SMILES string of the molecule is CCOC(=O)c1sc(N2C(=O)C(=O)/C(=C(/O)c3ccc(OC)c(C)c3)C2c2ccc(OCC)cc2)nc1C. The lowest BCUT2D eigenvalue weighted by atomic mass is 9.95. The second-order valence-corrected chi connectivity index (χ2v) is 9.46. The molecule has 1 aliphatic heterocycles. The van der Waals surface area contributed by atoms with Crippen molar-refractivity contribution in [2.24, 2.45) is 0 Å². The zero-order valence-electron chi connectivity index (χ0n) is 21.7. The summed E-state index contributed by atoms with van der Waals surface area (Å²) in [6.07, 6.45) is 0. The number of amides is 1. The average Bonchev–Trinajstić information content (AvgIpc) is 3.41. The van der Waals surface area contributed by atoms with Crippen LogP contribution in [0.4, 0.5) is 5.13 Å². The van der Waals surface area contributed by atoms with E-state index < -0.39 is 23.7 Å². The summed E-state index contributed by atoms with van der Waals surface area (Å²) in [5, 5.41) is 11.5. The molecule has 0 radical (unpaired) electrons. The Morgan fingerprint density at radius 2 is 1.79 bits per heavy atom. The van der Waals surface area contributed by atoms with Crippen molar-refractivity contribution < 1.29 is 33.7 Å². The number of methoxy groups -OCH3 is 1. The Bertz CT molecular complexity index is 1430. The predicted molar refractivity (Wildman–Crippen MR) is 143 cm³/mol. The smallest absolute Gasteiger partial charge is 0.350 e. The largest absolute Gasteiger partial charge is 0.507 e. The van der Waals surface area contributed by atoms with Crippen LogP contribution in [0.25, 0.3) is 5.76 Å². The molecule has 9 nitrogen and oxygen atoms in total. The summed E-state index contributed by atoms with van der Waals surface area (Å²) in [4.78, 5) is 45.2. The minimum atomic E-state index is -0.992. The second-order valence-electron chi connectivity index (χ2n) is 8.49. The lowest BCUT2D eigenvalue weighted by molar-refractivity contribution is -0.132. The molecule has 198 valence electrons. The van der Waals surface area contributed by atoms with Crippen LogP contribution in [0.2, 0.25) is 0 Å². The summed E-state index contributed by atoms with van der Waals surface area (Å²) < 4.78 is 16.0. The number of hydrogen-bond donors (Lipinski definition) is 1. The van der Waals surface area contributed by atoms with Crippen molar-refractivity contribution in [1.29, 1.82) is 0 Å². The number of aliphatic hydroxyl groups excluding tert-OH is 1. The third-order valence-corrected chi connectivity index (χ3v) is 7.21. The fourth-order valence-corrected chi connectivity index (χ4v) is 5.30. The molecule has 2 heterocycles. The molecule has 10 heteroatoms. The molecule has 4 rings (SSSR count). The fraction of sp³-hybridized carbons (Fsp3) is 0.286. The van der Waals surface area contributed by atoms with Crippen LogP contribution in [0.5, 0.6) is 11.5 Å². The van der Waals surface area contributed by atoms with E-state index in [0.717, 1.165) is 16.9 Å². The summed E-state index contributed by atoms with van der Waals surface area (Å²) >= 11 is 0.959. The number of nitrogens with zero attached hydrogens (tertiary/aromatic N) is 2. The number of thiazole rings is 1. The first kappa shape index (κ1) is 26.9. The third-order valence-electron chi connectivity index (χ3n) is 6.07. The topological polar surface area (TPSA) is 115 Å². The van der Waals surface area contributed by atoms with Crippen LogP contribution < -0.4 is 14.4 Å². The van der Waals surface area contributed by atoms with Crippen LogP contribution in [-0.4, -0.2) is 48.1 Å². The summed E-state index contributed by atoms with van der Waals surface area (Å²) in [5.41, 5.74) is 1.96. The lowest BCUT2D eigenvalue weighted by Gasteiger charge is -2.23. The van der Waals surface area contributed by atoms with Gasteiger partial charge in [0.25, 0.3) is 5.78 Å². The first-order valence-electron chi connectivity index (χ1n) is 12.0. The molecule has 1 unspecified atom stereocenters. The predicted octanol–water partition coefficient (Wildman–Crippen LogP) is 4.97. The molecule has 1 fully saturated rings. The van der Waals surface area contributed by atoms with Gasteiger partial charge in [0.05, 0.1) is 37.6 Å². The number of hydrogen-bond acceptors (Lipinski definition) is 9. The molecule has 0 spiro atoms. The number of carbonyl (C=O) groups excluding carboxylic acids is 3. The van der Waals surface area contributed by atoms with Gasteiger partial charge in [-0.05, 0) is 69.2 Å². The van der Waals surface area contributed by atoms with Gasteiger partial charge in [-0.1, -0.05) is 23.5 Å². The number of aromatic nitrogens is 1. The third kappa shape index (κ3) is 4.87. The maximum atomic E-state index is 13.4. The molecule has 1 amide bonds. The van der Waals surface area contributed by atoms with Gasteiger partial charge in [0, 0.05) is 5.56 Å². The number of Topliss-reactive ketones (excluding diaryl/α,β-unsaturated/α-hetero) is 1. The van der Waals surface area contributed by atoms with E-state index in [2.05, 4.69) is 4.98 Å². The molecular weight excluding hydrogens is 508 g/mol. The fourth-order valence-electron chi connectivity index (χ4n) is 4.31. The van der Waals surface area contributed by atoms with Gasteiger partial charge in [0.2, 0.25) is 0 Å². The van der Waals surface area contributed by atoms with Crippen molar-refractivity contribution in [1.82, 2.24) is 4.98 Å². The van der Waals surface area contributed by atoms with Gasteiger partial charge in [-0.2, -0.15) is 0 Å². The van der Waals surface area contributed by atoms with Gasteiger partial charge in [-0.15, -0.1) is 0 Å².